The highest BCUT2D eigenvalue weighted by atomic mass is 79.9. The molecular formula is C16H25Br2ClN2O3. The van der Waals surface area contributed by atoms with Gasteiger partial charge in [0.05, 0.1) is 11.6 Å². The van der Waals surface area contributed by atoms with E-state index in [1.165, 1.54) is 7.11 Å². The average molecular weight is 489 g/mol. The zero-order valence-corrected chi connectivity index (χ0v) is 18.1. The predicted molar refractivity (Wildman–Crippen MR) is 105 cm³/mol. The first-order chi connectivity index (χ1) is 10.8. The SMILES string of the molecule is COc1cc([C@@H](N2CCNCC2)C(C)(C)CO)c(Br)c(Br)c1O.Cl. The summed E-state index contributed by atoms with van der Waals surface area (Å²) in [6.07, 6.45) is 0. The fraction of sp³-hybridized carbons (Fsp3) is 0.625. The van der Waals surface area contributed by atoms with E-state index in [0.717, 1.165) is 36.2 Å². The van der Waals surface area contributed by atoms with Crippen LogP contribution in [-0.2, 0) is 0 Å². The van der Waals surface area contributed by atoms with Crippen LogP contribution in [0.3, 0.4) is 0 Å². The number of halogens is 3. The third-order valence-electron chi connectivity index (χ3n) is 4.35. The summed E-state index contributed by atoms with van der Waals surface area (Å²) in [5, 5.41) is 23.5. The van der Waals surface area contributed by atoms with Crippen LogP contribution in [0.15, 0.2) is 15.0 Å². The normalized spacial score (nSPS) is 17.2. The second-order valence-corrected chi connectivity index (χ2v) is 8.07. The summed E-state index contributed by atoms with van der Waals surface area (Å²) in [5.74, 6) is 0.493. The number of benzene rings is 1. The molecule has 1 aliphatic rings. The van der Waals surface area contributed by atoms with E-state index in [9.17, 15) is 10.2 Å². The molecule has 0 bridgehead atoms. The highest BCUT2D eigenvalue weighted by Crippen LogP contribution is 2.48. The molecule has 5 nitrogen and oxygen atoms in total. The van der Waals surface area contributed by atoms with Gasteiger partial charge in [0.25, 0.3) is 0 Å². The van der Waals surface area contributed by atoms with Crippen LogP contribution < -0.4 is 10.1 Å². The van der Waals surface area contributed by atoms with E-state index in [-0.39, 0.29) is 36.2 Å². The average Bonchev–Trinajstić information content (AvgIpc) is 2.56. The van der Waals surface area contributed by atoms with E-state index >= 15 is 0 Å². The van der Waals surface area contributed by atoms with Gasteiger partial charge in [0.15, 0.2) is 11.5 Å². The number of hydrogen-bond acceptors (Lipinski definition) is 5. The lowest BCUT2D eigenvalue weighted by Crippen LogP contribution is -2.49. The Hall–Kier alpha value is -0.0500. The van der Waals surface area contributed by atoms with Crippen LogP contribution in [0.25, 0.3) is 0 Å². The maximum absolute atomic E-state index is 10.2. The minimum absolute atomic E-state index is 0. The fourth-order valence-corrected chi connectivity index (χ4v) is 4.05. The molecule has 0 aliphatic carbocycles. The second-order valence-electron chi connectivity index (χ2n) is 6.48. The molecule has 3 N–H and O–H groups in total. The van der Waals surface area contributed by atoms with Gasteiger partial charge in [0.2, 0.25) is 0 Å². The van der Waals surface area contributed by atoms with Crippen LogP contribution in [0.4, 0.5) is 0 Å². The zero-order chi connectivity index (χ0) is 17.2. The Balaban J connectivity index is 0.00000288. The molecule has 0 aromatic heterocycles. The van der Waals surface area contributed by atoms with Crippen molar-refractivity contribution in [2.24, 2.45) is 5.41 Å². The molecule has 1 aromatic rings. The van der Waals surface area contributed by atoms with Crippen LogP contribution in [0.2, 0.25) is 0 Å². The summed E-state index contributed by atoms with van der Waals surface area (Å²) in [7, 11) is 1.54. The topological polar surface area (TPSA) is 65.0 Å². The molecule has 138 valence electrons. The minimum atomic E-state index is -0.346. The van der Waals surface area contributed by atoms with Crippen molar-refractivity contribution in [2.45, 2.75) is 19.9 Å². The summed E-state index contributed by atoms with van der Waals surface area (Å²) >= 11 is 7.03. The molecule has 0 radical (unpaired) electrons. The number of aliphatic hydroxyl groups excluding tert-OH is 1. The van der Waals surface area contributed by atoms with E-state index < -0.39 is 0 Å². The van der Waals surface area contributed by atoms with Crippen molar-refractivity contribution in [3.05, 3.63) is 20.6 Å². The molecule has 0 unspecified atom stereocenters. The number of methoxy groups -OCH3 is 1. The van der Waals surface area contributed by atoms with Gasteiger partial charge in [-0.3, -0.25) is 4.90 Å². The quantitative estimate of drug-likeness (QED) is 0.594. The van der Waals surface area contributed by atoms with Gasteiger partial charge in [-0.25, -0.2) is 0 Å². The molecule has 8 heteroatoms. The number of nitrogens with one attached hydrogen (secondary N) is 1. The van der Waals surface area contributed by atoms with Crippen molar-refractivity contribution in [3.63, 3.8) is 0 Å². The molecule has 1 fully saturated rings. The van der Waals surface area contributed by atoms with Gasteiger partial charge in [-0.1, -0.05) is 13.8 Å². The first-order valence-corrected chi connectivity index (χ1v) is 9.22. The number of rotatable bonds is 5. The predicted octanol–water partition coefficient (Wildman–Crippen LogP) is 3.31. The van der Waals surface area contributed by atoms with Crippen molar-refractivity contribution in [2.75, 3.05) is 39.9 Å². The van der Waals surface area contributed by atoms with E-state index in [2.05, 4.69) is 55.9 Å². The van der Waals surface area contributed by atoms with Gasteiger partial charge in [0, 0.05) is 48.7 Å². The Morgan fingerprint density at radius 2 is 1.88 bits per heavy atom. The molecule has 1 heterocycles. The second kappa shape index (κ2) is 9.05. The molecule has 1 aromatic carbocycles. The third-order valence-corrected chi connectivity index (χ3v) is 6.51. The smallest absolute Gasteiger partial charge is 0.173 e. The Labute approximate surface area is 166 Å². The molecule has 1 aliphatic heterocycles. The number of hydrogen-bond donors (Lipinski definition) is 3. The van der Waals surface area contributed by atoms with Gasteiger partial charge < -0.3 is 20.3 Å². The number of aromatic hydroxyl groups is 1. The van der Waals surface area contributed by atoms with Crippen LogP contribution in [0.5, 0.6) is 11.5 Å². The highest BCUT2D eigenvalue weighted by Gasteiger charge is 2.38. The minimum Gasteiger partial charge on any atom is -0.503 e. The van der Waals surface area contributed by atoms with Gasteiger partial charge >= 0.3 is 0 Å². The molecule has 0 amide bonds. The van der Waals surface area contributed by atoms with Crippen molar-refractivity contribution in [3.8, 4) is 11.5 Å². The van der Waals surface area contributed by atoms with E-state index in [4.69, 9.17) is 4.74 Å². The zero-order valence-electron chi connectivity index (χ0n) is 14.1. The number of nitrogens with zero attached hydrogens (tertiary/aromatic N) is 1. The van der Waals surface area contributed by atoms with Crippen molar-refractivity contribution < 1.29 is 14.9 Å². The van der Waals surface area contributed by atoms with Crippen LogP contribution in [0.1, 0.15) is 25.5 Å². The lowest BCUT2D eigenvalue weighted by Gasteiger charge is -2.44. The summed E-state index contributed by atoms with van der Waals surface area (Å²) < 4.78 is 6.67. The first-order valence-electron chi connectivity index (χ1n) is 7.64. The summed E-state index contributed by atoms with van der Waals surface area (Å²) in [4.78, 5) is 2.37. The van der Waals surface area contributed by atoms with Crippen molar-refractivity contribution in [1.82, 2.24) is 10.2 Å². The standard InChI is InChI=1S/C16H24Br2N2O3.ClH/c1-16(2,9-21)15(20-6-4-19-5-7-20)10-8-11(23-3)14(22)13(18)12(10)17;/h8,15,19,21-22H,4-7,9H2,1-3H3;1H/t15-;/m1./s1. The molecule has 1 atom stereocenters. The van der Waals surface area contributed by atoms with Crippen LogP contribution in [0, 0.1) is 5.41 Å². The van der Waals surface area contributed by atoms with Gasteiger partial charge in [-0.05, 0) is 43.5 Å². The maximum Gasteiger partial charge on any atom is 0.173 e. The first kappa shape index (κ1) is 22.0. The number of ether oxygens (including phenoxy) is 1. The Kier molecular flexibility index (Phi) is 8.29. The van der Waals surface area contributed by atoms with Crippen molar-refractivity contribution in [1.29, 1.82) is 0 Å². The van der Waals surface area contributed by atoms with Gasteiger partial charge in [0.1, 0.15) is 0 Å². The van der Waals surface area contributed by atoms with Crippen LogP contribution >= 0.6 is 44.3 Å². The monoisotopic (exact) mass is 486 g/mol. The number of phenolic OH excluding ortho intramolecular Hbond substituents is 1. The van der Waals surface area contributed by atoms with E-state index in [1.807, 2.05) is 6.07 Å². The number of aliphatic hydroxyl groups is 1. The fourth-order valence-electron chi connectivity index (χ4n) is 3.11. The van der Waals surface area contributed by atoms with E-state index in [0.29, 0.717) is 10.2 Å². The molecule has 0 saturated carbocycles. The lowest BCUT2D eigenvalue weighted by atomic mass is 9.79. The van der Waals surface area contributed by atoms with Crippen LogP contribution in [-0.4, -0.2) is 55.0 Å². The molecule has 1 saturated heterocycles. The Morgan fingerprint density at radius 1 is 1.29 bits per heavy atom. The lowest BCUT2D eigenvalue weighted by molar-refractivity contribution is 0.0300. The Bertz CT molecular complexity index is 567. The molecule has 24 heavy (non-hydrogen) atoms. The molecule has 2 rings (SSSR count). The van der Waals surface area contributed by atoms with E-state index in [1.54, 1.807) is 0 Å². The summed E-state index contributed by atoms with van der Waals surface area (Å²) in [6.45, 7) is 7.83. The van der Waals surface area contributed by atoms with Gasteiger partial charge in [-0.15, -0.1) is 12.4 Å². The highest BCUT2D eigenvalue weighted by molar-refractivity contribution is 9.13. The maximum atomic E-state index is 10.2. The summed E-state index contributed by atoms with van der Waals surface area (Å²) in [5.41, 5.74) is 0.647. The number of phenols is 1. The summed E-state index contributed by atoms with van der Waals surface area (Å²) in [6, 6.07) is 1.85. The largest absolute Gasteiger partial charge is 0.503 e. The number of piperazine rings is 1. The third kappa shape index (κ3) is 4.37. The van der Waals surface area contributed by atoms with Crippen molar-refractivity contribution >= 4 is 44.3 Å². The van der Waals surface area contributed by atoms with Gasteiger partial charge in [-0.2, -0.15) is 0 Å². The molecular weight excluding hydrogens is 463 g/mol. The molecule has 0 spiro atoms. The Morgan fingerprint density at radius 3 is 2.38 bits per heavy atom.